The summed E-state index contributed by atoms with van der Waals surface area (Å²) in [4.78, 5) is 0. The number of hydrogen-bond acceptors (Lipinski definition) is 3. The number of alkyl halides is 3. The molecule has 1 aromatic rings. The van der Waals surface area contributed by atoms with Crippen LogP contribution >= 0.6 is 0 Å². The number of aryl methyl sites for hydroxylation is 1. The first-order valence-electron chi connectivity index (χ1n) is 6.33. The van der Waals surface area contributed by atoms with Crippen LogP contribution in [-0.4, -0.2) is 18.8 Å². The van der Waals surface area contributed by atoms with Gasteiger partial charge in [-0.1, -0.05) is 6.92 Å². The Labute approximate surface area is 110 Å². The Bertz CT molecular complexity index is 376. The van der Waals surface area contributed by atoms with Crippen LogP contribution in [0.3, 0.4) is 0 Å². The van der Waals surface area contributed by atoms with Gasteiger partial charge in [-0.05, 0) is 31.9 Å². The number of hydrogen-bond donors (Lipinski definition) is 1. The van der Waals surface area contributed by atoms with Gasteiger partial charge in [0.15, 0.2) is 0 Å². The van der Waals surface area contributed by atoms with Gasteiger partial charge in [-0.2, -0.15) is 13.2 Å². The van der Waals surface area contributed by atoms with Crippen LogP contribution in [0.5, 0.6) is 0 Å². The van der Waals surface area contributed by atoms with Gasteiger partial charge in [0.25, 0.3) is 0 Å². The highest BCUT2D eigenvalue weighted by Crippen LogP contribution is 2.26. The molecule has 0 aliphatic carbocycles. The van der Waals surface area contributed by atoms with Gasteiger partial charge in [-0.15, -0.1) is 0 Å². The van der Waals surface area contributed by atoms with Gasteiger partial charge in [0.1, 0.15) is 17.6 Å². The monoisotopic (exact) mass is 279 g/mol. The smallest absolute Gasteiger partial charge is 0.389 e. The van der Waals surface area contributed by atoms with E-state index in [0.29, 0.717) is 12.2 Å². The first-order valence-corrected chi connectivity index (χ1v) is 6.33. The van der Waals surface area contributed by atoms with Crippen LogP contribution in [0.15, 0.2) is 16.5 Å². The minimum Gasteiger partial charge on any atom is -0.464 e. The van der Waals surface area contributed by atoms with Crippen LogP contribution in [0.2, 0.25) is 0 Å². The van der Waals surface area contributed by atoms with Crippen LogP contribution in [0, 0.1) is 6.92 Å². The zero-order valence-corrected chi connectivity index (χ0v) is 11.2. The van der Waals surface area contributed by atoms with E-state index in [4.69, 9.17) is 14.9 Å². The van der Waals surface area contributed by atoms with Crippen LogP contribution in [0.25, 0.3) is 0 Å². The predicted molar refractivity (Wildman–Crippen MR) is 65.7 cm³/mol. The molecule has 0 spiro atoms. The molecule has 1 aromatic heterocycles. The topological polar surface area (TPSA) is 48.4 Å². The Morgan fingerprint density at radius 1 is 1.37 bits per heavy atom. The maximum absolute atomic E-state index is 12.0. The number of halogens is 3. The molecule has 19 heavy (non-hydrogen) atoms. The van der Waals surface area contributed by atoms with Crippen molar-refractivity contribution in [2.45, 2.75) is 51.4 Å². The Hall–Kier alpha value is -1.01. The van der Waals surface area contributed by atoms with E-state index in [2.05, 4.69) is 0 Å². The molecule has 1 rings (SSSR count). The van der Waals surface area contributed by atoms with Crippen LogP contribution in [0.1, 0.15) is 43.8 Å². The predicted octanol–water partition coefficient (Wildman–Crippen LogP) is 3.73. The molecule has 6 heteroatoms. The minimum atomic E-state index is -4.15. The van der Waals surface area contributed by atoms with Gasteiger partial charge in [0, 0.05) is 19.1 Å². The Morgan fingerprint density at radius 2 is 2.05 bits per heavy atom. The summed E-state index contributed by atoms with van der Waals surface area (Å²) in [5.41, 5.74) is 5.92. The zero-order valence-electron chi connectivity index (χ0n) is 11.2. The molecule has 0 saturated heterocycles. The molecule has 0 aliphatic rings. The standard InChI is InChI=1S/C13H20F3NO2/c1-3-10(17)12(11-6-5-9(2)19-11)18-8-4-7-13(14,15)16/h5-6,10,12H,3-4,7-8,17H2,1-2H3. The summed E-state index contributed by atoms with van der Waals surface area (Å²) < 4.78 is 47.0. The molecule has 110 valence electrons. The fraction of sp³-hybridized carbons (Fsp3) is 0.692. The van der Waals surface area contributed by atoms with Crippen molar-refractivity contribution in [2.75, 3.05) is 6.61 Å². The average molecular weight is 279 g/mol. The maximum Gasteiger partial charge on any atom is 0.389 e. The molecule has 2 N–H and O–H groups in total. The van der Waals surface area contributed by atoms with Crippen molar-refractivity contribution in [3.8, 4) is 0 Å². The van der Waals surface area contributed by atoms with Crippen LogP contribution in [0.4, 0.5) is 13.2 Å². The molecule has 1 heterocycles. The van der Waals surface area contributed by atoms with Gasteiger partial charge < -0.3 is 14.9 Å². The number of furan rings is 1. The minimum absolute atomic E-state index is 0.0115. The number of nitrogens with two attached hydrogens (primary N) is 1. The third kappa shape index (κ3) is 5.65. The second-order valence-electron chi connectivity index (χ2n) is 4.53. The lowest BCUT2D eigenvalue weighted by molar-refractivity contribution is -0.139. The lowest BCUT2D eigenvalue weighted by Crippen LogP contribution is -2.29. The largest absolute Gasteiger partial charge is 0.464 e. The van der Waals surface area contributed by atoms with E-state index in [-0.39, 0.29) is 19.1 Å². The molecule has 0 amide bonds. The van der Waals surface area contributed by atoms with Crippen molar-refractivity contribution < 1.29 is 22.3 Å². The van der Waals surface area contributed by atoms with E-state index in [1.54, 1.807) is 19.1 Å². The second-order valence-corrected chi connectivity index (χ2v) is 4.53. The molecule has 0 radical (unpaired) electrons. The van der Waals surface area contributed by atoms with E-state index >= 15 is 0 Å². The summed E-state index contributed by atoms with van der Waals surface area (Å²) in [6.07, 6.45) is -4.91. The molecule has 0 aromatic carbocycles. The van der Waals surface area contributed by atoms with Gasteiger partial charge >= 0.3 is 6.18 Å². The van der Waals surface area contributed by atoms with Gasteiger partial charge in [0.05, 0.1) is 0 Å². The van der Waals surface area contributed by atoms with Crippen molar-refractivity contribution in [2.24, 2.45) is 5.73 Å². The Morgan fingerprint density at radius 3 is 2.53 bits per heavy atom. The molecular weight excluding hydrogens is 259 g/mol. The number of ether oxygens (including phenoxy) is 1. The summed E-state index contributed by atoms with van der Waals surface area (Å²) in [7, 11) is 0. The highest BCUT2D eigenvalue weighted by molar-refractivity contribution is 5.10. The summed E-state index contributed by atoms with van der Waals surface area (Å²) in [5, 5.41) is 0. The Kier molecular flexibility index (Phi) is 5.87. The average Bonchev–Trinajstić information content (AvgIpc) is 2.73. The zero-order chi connectivity index (χ0) is 14.5. The fourth-order valence-electron chi connectivity index (χ4n) is 1.72. The SMILES string of the molecule is CCC(N)C(OCCCC(F)(F)F)c1ccc(C)o1. The van der Waals surface area contributed by atoms with Crippen molar-refractivity contribution in [3.63, 3.8) is 0 Å². The quantitative estimate of drug-likeness (QED) is 0.774. The first kappa shape index (κ1) is 16.0. The first-order chi connectivity index (χ1) is 8.83. The third-order valence-corrected chi connectivity index (χ3v) is 2.80. The van der Waals surface area contributed by atoms with Crippen molar-refractivity contribution in [1.29, 1.82) is 0 Å². The molecule has 0 saturated carbocycles. The molecule has 3 nitrogen and oxygen atoms in total. The van der Waals surface area contributed by atoms with Crippen molar-refractivity contribution in [3.05, 3.63) is 23.7 Å². The van der Waals surface area contributed by atoms with Gasteiger partial charge in [-0.25, -0.2) is 0 Å². The van der Waals surface area contributed by atoms with Crippen molar-refractivity contribution >= 4 is 0 Å². The van der Waals surface area contributed by atoms with E-state index in [0.717, 1.165) is 5.76 Å². The summed E-state index contributed by atoms with van der Waals surface area (Å²) >= 11 is 0. The van der Waals surface area contributed by atoms with Crippen LogP contribution < -0.4 is 5.73 Å². The second kappa shape index (κ2) is 6.96. The molecule has 2 unspecified atom stereocenters. The molecule has 0 bridgehead atoms. The fourth-order valence-corrected chi connectivity index (χ4v) is 1.72. The molecular formula is C13H20F3NO2. The van der Waals surface area contributed by atoms with Gasteiger partial charge in [-0.3, -0.25) is 0 Å². The summed E-state index contributed by atoms with van der Waals surface area (Å²) in [6.45, 7) is 3.70. The number of rotatable bonds is 7. The summed E-state index contributed by atoms with van der Waals surface area (Å²) in [5.74, 6) is 1.29. The maximum atomic E-state index is 12.0. The van der Waals surface area contributed by atoms with E-state index < -0.39 is 18.7 Å². The van der Waals surface area contributed by atoms with E-state index in [9.17, 15) is 13.2 Å². The summed E-state index contributed by atoms with van der Waals surface area (Å²) in [6, 6.07) is 3.24. The molecule has 0 fully saturated rings. The Balaban J connectivity index is 2.52. The third-order valence-electron chi connectivity index (χ3n) is 2.80. The lowest BCUT2D eigenvalue weighted by Gasteiger charge is -2.21. The highest BCUT2D eigenvalue weighted by Gasteiger charge is 2.27. The van der Waals surface area contributed by atoms with E-state index in [1.807, 2.05) is 6.92 Å². The lowest BCUT2D eigenvalue weighted by atomic mass is 10.1. The molecule has 0 aliphatic heterocycles. The van der Waals surface area contributed by atoms with Crippen LogP contribution in [-0.2, 0) is 4.74 Å². The highest BCUT2D eigenvalue weighted by atomic mass is 19.4. The van der Waals surface area contributed by atoms with Gasteiger partial charge in [0.2, 0.25) is 0 Å². The normalized spacial score (nSPS) is 15.5. The van der Waals surface area contributed by atoms with E-state index in [1.165, 1.54) is 0 Å². The van der Waals surface area contributed by atoms with Crippen molar-refractivity contribution in [1.82, 2.24) is 0 Å². The molecule has 2 atom stereocenters.